The first-order valence-electron chi connectivity index (χ1n) is 16.7. The van der Waals surface area contributed by atoms with Gasteiger partial charge < -0.3 is 13.7 Å². The van der Waals surface area contributed by atoms with Crippen LogP contribution in [0.4, 0.5) is 17.1 Å². The molecule has 0 bridgehead atoms. The molecule has 0 saturated heterocycles. The number of anilines is 3. The third kappa shape index (κ3) is 5.07. The predicted molar refractivity (Wildman–Crippen MR) is 193 cm³/mol. The molecule has 0 radical (unpaired) electrons. The lowest BCUT2D eigenvalue weighted by Gasteiger charge is -2.27. The molecule has 1 aliphatic carbocycles. The van der Waals surface area contributed by atoms with Crippen LogP contribution in [0.25, 0.3) is 55.6 Å². The quantitative estimate of drug-likeness (QED) is 0.188. The number of hydrogen-bond acceptors (Lipinski definition) is 4. The number of hydrogen-bond donors (Lipinski definition) is 0. The van der Waals surface area contributed by atoms with E-state index >= 15 is 0 Å². The van der Waals surface area contributed by atoms with Crippen molar-refractivity contribution in [1.82, 2.24) is 4.98 Å². The SMILES string of the molecule is c1ccc(-c2ccc(N(c3ccc(C4CCCCC4)cc3)c3ccc4c(c3)oc3cccc(-c5nc6ccccc6o5)c34)cc2)cc1. The summed E-state index contributed by atoms with van der Waals surface area (Å²) in [6, 6.07) is 49.1. The first kappa shape index (κ1) is 27.7. The van der Waals surface area contributed by atoms with Crippen LogP contribution in [-0.2, 0) is 0 Å². The molecule has 8 aromatic rings. The van der Waals surface area contributed by atoms with E-state index in [1.54, 1.807) is 0 Å². The first-order chi connectivity index (χ1) is 23.3. The van der Waals surface area contributed by atoms with Crippen LogP contribution in [0.2, 0.25) is 0 Å². The number of aromatic nitrogens is 1. The average molecular weight is 611 g/mol. The predicted octanol–water partition coefficient (Wildman–Crippen LogP) is 12.6. The summed E-state index contributed by atoms with van der Waals surface area (Å²) < 4.78 is 12.7. The number of oxazole rings is 1. The molecule has 1 saturated carbocycles. The molecule has 228 valence electrons. The molecule has 9 rings (SSSR count). The Labute approximate surface area is 273 Å². The fourth-order valence-corrected chi connectivity index (χ4v) is 7.33. The number of para-hydroxylation sites is 2. The van der Waals surface area contributed by atoms with Gasteiger partial charge in [-0.3, -0.25) is 0 Å². The van der Waals surface area contributed by atoms with Crippen molar-refractivity contribution in [3.8, 4) is 22.6 Å². The molecule has 47 heavy (non-hydrogen) atoms. The summed E-state index contributed by atoms with van der Waals surface area (Å²) in [5.41, 5.74) is 11.3. The molecule has 1 aliphatic rings. The van der Waals surface area contributed by atoms with Crippen LogP contribution in [0.5, 0.6) is 0 Å². The fourth-order valence-electron chi connectivity index (χ4n) is 7.33. The number of rotatable bonds is 6. The molecular weight excluding hydrogens is 576 g/mol. The van der Waals surface area contributed by atoms with E-state index in [2.05, 4.69) is 108 Å². The van der Waals surface area contributed by atoms with E-state index in [0.29, 0.717) is 11.8 Å². The van der Waals surface area contributed by atoms with Crippen LogP contribution < -0.4 is 4.90 Å². The van der Waals surface area contributed by atoms with Crippen molar-refractivity contribution in [3.05, 3.63) is 145 Å². The van der Waals surface area contributed by atoms with Gasteiger partial charge in [-0.05, 0) is 96.1 Å². The highest BCUT2D eigenvalue weighted by molar-refractivity contribution is 6.12. The maximum absolute atomic E-state index is 6.53. The summed E-state index contributed by atoms with van der Waals surface area (Å²) in [6.45, 7) is 0. The van der Waals surface area contributed by atoms with Crippen LogP contribution in [0.1, 0.15) is 43.6 Å². The van der Waals surface area contributed by atoms with Gasteiger partial charge in [0, 0.05) is 39.5 Å². The number of nitrogens with zero attached hydrogens (tertiary/aromatic N) is 2. The lowest BCUT2D eigenvalue weighted by molar-refractivity contribution is 0.443. The second-order valence-electron chi connectivity index (χ2n) is 12.6. The molecule has 4 nitrogen and oxygen atoms in total. The minimum atomic E-state index is 0.599. The van der Waals surface area contributed by atoms with Crippen molar-refractivity contribution in [1.29, 1.82) is 0 Å². The van der Waals surface area contributed by atoms with Crippen molar-refractivity contribution < 1.29 is 8.83 Å². The van der Waals surface area contributed by atoms with Gasteiger partial charge in [-0.1, -0.05) is 92.1 Å². The van der Waals surface area contributed by atoms with Crippen LogP contribution in [-0.4, -0.2) is 4.98 Å². The molecule has 0 atom stereocenters. The molecular formula is C43H34N2O2. The second kappa shape index (κ2) is 11.6. The minimum Gasteiger partial charge on any atom is -0.456 e. The van der Waals surface area contributed by atoms with Gasteiger partial charge in [-0.25, -0.2) is 4.98 Å². The lowest BCUT2D eigenvalue weighted by Crippen LogP contribution is -2.10. The Morgan fingerprint density at radius 2 is 1.21 bits per heavy atom. The highest BCUT2D eigenvalue weighted by Gasteiger charge is 2.20. The molecule has 1 fully saturated rings. The Balaban J connectivity index is 1.15. The standard InChI is InChI=1S/C43H34N2O2/c1-3-10-29(11-4-1)31-18-22-33(23-19-31)45(34-24-20-32(21-25-34)30-12-5-2-6-13-30)35-26-27-36-41(28-35)46-40-17-9-14-37(42(36)40)43-44-38-15-7-8-16-39(38)47-43/h1,3-4,7-11,14-28,30H,2,5-6,12-13H2. The summed E-state index contributed by atoms with van der Waals surface area (Å²) in [4.78, 5) is 7.12. The van der Waals surface area contributed by atoms with Gasteiger partial charge in [0.2, 0.25) is 5.89 Å². The van der Waals surface area contributed by atoms with Crippen LogP contribution >= 0.6 is 0 Å². The molecule has 2 heterocycles. The first-order valence-corrected chi connectivity index (χ1v) is 16.7. The zero-order valence-electron chi connectivity index (χ0n) is 26.1. The Morgan fingerprint density at radius 1 is 0.532 bits per heavy atom. The topological polar surface area (TPSA) is 42.4 Å². The maximum atomic E-state index is 6.53. The normalized spacial score (nSPS) is 13.9. The zero-order valence-corrected chi connectivity index (χ0v) is 26.1. The smallest absolute Gasteiger partial charge is 0.228 e. The van der Waals surface area contributed by atoms with Gasteiger partial charge in [0.25, 0.3) is 0 Å². The number of furan rings is 1. The van der Waals surface area contributed by atoms with E-state index in [4.69, 9.17) is 13.8 Å². The largest absolute Gasteiger partial charge is 0.456 e. The molecule has 0 aliphatic heterocycles. The van der Waals surface area contributed by atoms with E-state index in [1.165, 1.54) is 48.8 Å². The third-order valence-corrected chi connectivity index (χ3v) is 9.72. The summed E-state index contributed by atoms with van der Waals surface area (Å²) >= 11 is 0. The molecule has 2 aromatic heterocycles. The molecule has 0 N–H and O–H groups in total. The van der Waals surface area contributed by atoms with E-state index < -0.39 is 0 Å². The van der Waals surface area contributed by atoms with Gasteiger partial charge >= 0.3 is 0 Å². The van der Waals surface area contributed by atoms with Crippen LogP contribution in [0.3, 0.4) is 0 Å². The van der Waals surface area contributed by atoms with Gasteiger partial charge in [0.15, 0.2) is 5.58 Å². The van der Waals surface area contributed by atoms with E-state index in [-0.39, 0.29) is 0 Å². The van der Waals surface area contributed by atoms with Gasteiger partial charge in [0.1, 0.15) is 16.7 Å². The van der Waals surface area contributed by atoms with E-state index in [0.717, 1.165) is 55.7 Å². The third-order valence-electron chi connectivity index (χ3n) is 9.72. The van der Waals surface area contributed by atoms with E-state index in [9.17, 15) is 0 Å². The Kier molecular flexibility index (Phi) is 6.85. The van der Waals surface area contributed by atoms with Crippen LogP contribution in [0.15, 0.2) is 148 Å². The molecule has 0 spiro atoms. The summed E-state index contributed by atoms with van der Waals surface area (Å²) in [5, 5.41) is 2.05. The molecule has 0 unspecified atom stereocenters. The minimum absolute atomic E-state index is 0.599. The van der Waals surface area contributed by atoms with Gasteiger partial charge in [-0.2, -0.15) is 0 Å². The Bertz CT molecular complexity index is 2290. The summed E-state index contributed by atoms with van der Waals surface area (Å²) in [6.07, 6.45) is 6.61. The molecule has 0 amide bonds. The second-order valence-corrected chi connectivity index (χ2v) is 12.6. The van der Waals surface area contributed by atoms with Crippen molar-refractivity contribution in [2.24, 2.45) is 0 Å². The Hall–Kier alpha value is -5.61. The van der Waals surface area contributed by atoms with E-state index in [1.807, 2.05) is 36.4 Å². The van der Waals surface area contributed by atoms with Crippen molar-refractivity contribution in [2.75, 3.05) is 4.90 Å². The van der Waals surface area contributed by atoms with Gasteiger partial charge in [-0.15, -0.1) is 0 Å². The van der Waals surface area contributed by atoms with Crippen molar-refractivity contribution >= 4 is 50.1 Å². The highest BCUT2D eigenvalue weighted by atomic mass is 16.3. The molecule has 4 heteroatoms. The summed E-state index contributed by atoms with van der Waals surface area (Å²) in [7, 11) is 0. The Morgan fingerprint density at radius 3 is 2.00 bits per heavy atom. The highest BCUT2D eigenvalue weighted by Crippen LogP contribution is 2.42. The maximum Gasteiger partial charge on any atom is 0.228 e. The molecule has 6 aromatic carbocycles. The van der Waals surface area contributed by atoms with Crippen molar-refractivity contribution in [3.63, 3.8) is 0 Å². The van der Waals surface area contributed by atoms with Crippen LogP contribution in [0, 0.1) is 0 Å². The summed E-state index contributed by atoms with van der Waals surface area (Å²) in [5.74, 6) is 1.26. The lowest BCUT2D eigenvalue weighted by atomic mass is 9.84. The number of benzene rings is 6. The fraction of sp³-hybridized carbons (Fsp3) is 0.140. The number of fused-ring (bicyclic) bond motifs is 4. The van der Waals surface area contributed by atoms with Crippen molar-refractivity contribution in [2.45, 2.75) is 38.0 Å². The zero-order chi connectivity index (χ0) is 31.2. The monoisotopic (exact) mass is 610 g/mol. The van der Waals surface area contributed by atoms with Gasteiger partial charge in [0.05, 0.1) is 0 Å². The average Bonchev–Trinajstić information content (AvgIpc) is 3.75.